The van der Waals surface area contributed by atoms with Crippen molar-refractivity contribution in [2.45, 2.75) is 25.9 Å². The molecule has 2 aromatic rings. The number of amides is 1. The third-order valence-electron chi connectivity index (χ3n) is 4.73. The van der Waals surface area contributed by atoms with Crippen LogP contribution in [0.3, 0.4) is 0 Å². The number of hydrogen-bond acceptors (Lipinski definition) is 4. The molecule has 29 heavy (non-hydrogen) atoms. The summed E-state index contributed by atoms with van der Waals surface area (Å²) in [5.41, 5.74) is 0.386. The van der Waals surface area contributed by atoms with E-state index in [1.807, 2.05) is 0 Å². The van der Waals surface area contributed by atoms with Crippen LogP contribution in [0.2, 0.25) is 0 Å². The van der Waals surface area contributed by atoms with E-state index >= 15 is 0 Å². The zero-order chi connectivity index (χ0) is 20.8. The second kappa shape index (κ2) is 9.49. The average Bonchev–Trinajstić information content (AvgIpc) is 2.72. The fraction of sp³-hybridized carbons (Fsp3) is 0.364. The average molecular weight is 403 g/mol. The molecule has 2 aromatic carbocycles. The van der Waals surface area contributed by atoms with Crippen LogP contribution in [0.1, 0.15) is 30.1 Å². The van der Waals surface area contributed by atoms with Gasteiger partial charge >= 0.3 is 5.97 Å². The molecule has 0 aromatic heterocycles. The Bertz CT molecular complexity index is 856. The molecule has 0 N–H and O–H groups in total. The summed E-state index contributed by atoms with van der Waals surface area (Å²) in [7, 11) is 0. The molecule has 3 rings (SSSR count). The van der Waals surface area contributed by atoms with Crippen molar-refractivity contribution >= 4 is 11.9 Å². The van der Waals surface area contributed by atoms with Crippen molar-refractivity contribution in [2.24, 2.45) is 5.92 Å². The van der Waals surface area contributed by atoms with Gasteiger partial charge < -0.3 is 14.4 Å². The van der Waals surface area contributed by atoms with Crippen molar-refractivity contribution in [3.05, 3.63) is 65.7 Å². The molecule has 0 radical (unpaired) electrons. The Morgan fingerprint density at radius 3 is 2.62 bits per heavy atom. The van der Waals surface area contributed by atoms with Crippen LogP contribution in [0.15, 0.2) is 48.5 Å². The van der Waals surface area contributed by atoms with Crippen LogP contribution in [0.25, 0.3) is 0 Å². The summed E-state index contributed by atoms with van der Waals surface area (Å²) in [6.45, 7) is 2.59. The monoisotopic (exact) mass is 403 g/mol. The molecule has 0 aliphatic carbocycles. The first-order valence-electron chi connectivity index (χ1n) is 9.56. The van der Waals surface area contributed by atoms with E-state index in [-0.39, 0.29) is 19.1 Å². The quantitative estimate of drug-likeness (QED) is 0.688. The zero-order valence-electron chi connectivity index (χ0n) is 16.1. The van der Waals surface area contributed by atoms with Crippen LogP contribution < -0.4 is 4.74 Å². The number of ether oxygens (including phenoxy) is 2. The summed E-state index contributed by atoms with van der Waals surface area (Å²) in [5.74, 6) is -1.50. The summed E-state index contributed by atoms with van der Waals surface area (Å²) < 4.78 is 37.1. The van der Waals surface area contributed by atoms with Gasteiger partial charge in [0.15, 0.2) is 0 Å². The molecule has 154 valence electrons. The molecule has 2 unspecified atom stereocenters. The van der Waals surface area contributed by atoms with Crippen LogP contribution in [0.4, 0.5) is 8.78 Å². The van der Waals surface area contributed by atoms with Gasteiger partial charge in [-0.25, -0.2) is 8.78 Å². The van der Waals surface area contributed by atoms with E-state index < -0.39 is 29.6 Å². The number of nitrogens with zero attached hydrogens (tertiary/aromatic N) is 1. The number of hydrogen-bond donors (Lipinski definition) is 0. The van der Waals surface area contributed by atoms with Gasteiger partial charge in [-0.3, -0.25) is 9.59 Å². The lowest BCUT2D eigenvalue weighted by atomic mass is 9.97. The lowest BCUT2D eigenvalue weighted by Crippen LogP contribution is -2.43. The van der Waals surface area contributed by atoms with Gasteiger partial charge in [0.2, 0.25) is 0 Å². The van der Waals surface area contributed by atoms with Crippen LogP contribution in [0, 0.1) is 17.6 Å². The highest BCUT2D eigenvalue weighted by Crippen LogP contribution is 2.21. The van der Waals surface area contributed by atoms with Crippen molar-refractivity contribution < 1.29 is 27.8 Å². The van der Waals surface area contributed by atoms with E-state index in [0.29, 0.717) is 30.7 Å². The van der Waals surface area contributed by atoms with Crippen LogP contribution in [0.5, 0.6) is 5.75 Å². The summed E-state index contributed by atoms with van der Waals surface area (Å²) in [6, 6.07) is 11.1. The third-order valence-corrected chi connectivity index (χ3v) is 4.73. The van der Waals surface area contributed by atoms with Crippen molar-refractivity contribution in [1.29, 1.82) is 0 Å². The van der Waals surface area contributed by atoms with Crippen molar-refractivity contribution in [1.82, 2.24) is 4.90 Å². The predicted octanol–water partition coefficient (Wildman–Crippen LogP) is 3.83. The molecular weight excluding hydrogens is 380 g/mol. The number of rotatable bonds is 6. The molecule has 7 heteroatoms. The van der Waals surface area contributed by atoms with Gasteiger partial charge in [0, 0.05) is 24.7 Å². The lowest BCUT2D eigenvalue weighted by molar-refractivity contribution is -0.156. The van der Waals surface area contributed by atoms with Crippen molar-refractivity contribution in [3.63, 3.8) is 0 Å². The van der Waals surface area contributed by atoms with Gasteiger partial charge in [0.05, 0.1) is 5.92 Å². The van der Waals surface area contributed by atoms with Gasteiger partial charge in [-0.05, 0) is 56.2 Å². The molecule has 1 saturated heterocycles. The number of carbonyl (C=O) groups is 2. The number of carbonyl (C=O) groups excluding carboxylic acids is 2. The van der Waals surface area contributed by atoms with E-state index in [9.17, 15) is 18.4 Å². The SMILES string of the molecule is CC(COc1cccc(F)c1)OC(=O)C1CCCN(C(=O)c2ccc(F)cc2)C1. The second-order valence-corrected chi connectivity index (χ2v) is 7.11. The zero-order valence-corrected chi connectivity index (χ0v) is 16.1. The summed E-state index contributed by atoms with van der Waals surface area (Å²) in [5, 5.41) is 0. The summed E-state index contributed by atoms with van der Waals surface area (Å²) in [4.78, 5) is 26.7. The Balaban J connectivity index is 1.51. The highest BCUT2D eigenvalue weighted by molar-refractivity contribution is 5.94. The molecule has 2 atom stereocenters. The molecule has 1 aliphatic rings. The van der Waals surface area contributed by atoms with Gasteiger partial charge in [0.25, 0.3) is 5.91 Å². The van der Waals surface area contributed by atoms with E-state index in [1.165, 1.54) is 42.5 Å². The Labute approximate surface area is 168 Å². The standard InChI is InChI=1S/C22H23F2NO4/c1-15(14-28-20-6-2-5-19(24)12-20)29-22(27)17-4-3-11-25(13-17)21(26)16-7-9-18(23)10-8-16/h2,5-10,12,15,17H,3-4,11,13-14H2,1H3. The molecule has 1 heterocycles. The first-order valence-corrected chi connectivity index (χ1v) is 9.56. The topological polar surface area (TPSA) is 55.8 Å². The number of benzene rings is 2. The van der Waals surface area contributed by atoms with E-state index in [4.69, 9.17) is 9.47 Å². The Morgan fingerprint density at radius 2 is 1.90 bits per heavy atom. The highest BCUT2D eigenvalue weighted by Gasteiger charge is 2.30. The first kappa shape index (κ1) is 20.8. The van der Waals surface area contributed by atoms with Crippen LogP contribution in [-0.2, 0) is 9.53 Å². The second-order valence-electron chi connectivity index (χ2n) is 7.11. The van der Waals surface area contributed by atoms with Crippen molar-refractivity contribution in [3.8, 4) is 5.75 Å². The number of likely N-dealkylation sites (tertiary alicyclic amines) is 1. The van der Waals surface area contributed by atoms with Gasteiger partial charge in [-0.2, -0.15) is 0 Å². The first-order chi connectivity index (χ1) is 13.9. The minimum atomic E-state index is -0.519. The van der Waals surface area contributed by atoms with E-state index in [2.05, 4.69) is 0 Å². The van der Waals surface area contributed by atoms with E-state index in [0.717, 1.165) is 0 Å². The minimum Gasteiger partial charge on any atom is -0.490 e. The minimum absolute atomic E-state index is 0.0974. The number of halogens is 2. The smallest absolute Gasteiger partial charge is 0.311 e. The fourth-order valence-electron chi connectivity index (χ4n) is 3.23. The lowest BCUT2D eigenvalue weighted by Gasteiger charge is -2.32. The maximum Gasteiger partial charge on any atom is 0.311 e. The normalized spacial score (nSPS) is 17.5. The molecule has 5 nitrogen and oxygen atoms in total. The Morgan fingerprint density at radius 1 is 1.14 bits per heavy atom. The molecule has 1 amide bonds. The largest absolute Gasteiger partial charge is 0.490 e. The fourth-order valence-corrected chi connectivity index (χ4v) is 3.23. The molecule has 1 aliphatic heterocycles. The van der Waals surface area contributed by atoms with Gasteiger partial charge in [-0.15, -0.1) is 0 Å². The molecule has 1 fully saturated rings. The van der Waals surface area contributed by atoms with Gasteiger partial charge in [0.1, 0.15) is 30.1 Å². The molecule has 0 spiro atoms. The third kappa shape index (κ3) is 5.76. The molecular formula is C22H23F2NO4. The van der Waals surface area contributed by atoms with Gasteiger partial charge in [-0.1, -0.05) is 6.07 Å². The van der Waals surface area contributed by atoms with Crippen LogP contribution in [-0.4, -0.2) is 42.6 Å². The Kier molecular flexibility index (Phi) is 6.80. The summed E-state index contributed by atoms with van der Waals surface area (Å²) in [6.07, 6.45) is 0.790. The molecule has 0 bridgehead atoms. The highest BCUT2D eigenvalue weighted by atomic mass is 19.1. The maximum absolute atomic E-state index is 13.2. The number of piperidine rings is 1. The van der Waals surface area contributed by atoms with Crippen LogP contribution >= 0.6 is 0 Å². The van der Waals surface area contributed by atoms with E-state index in [1.54, 1.807) is 17.9 Å². The summed E-state index contributed by atoms with van der Waals surface area (Å²) >= 11 is 0. The Hall–Kier alpha value is -2.96. The maximum atomic E-state index is 13.2. The molecule has 0 saturated carbocycles. The predicted molar refractivity (Wildman–Crippen MR) is 102 cm³/mol. The number of esters is 1. The van der Waals surface area contributed by atoms with Crippen molar-refractivity contribution in [2.75, 3.05) is 19.7 Å².